The molecular weight excluding hydrogens is 282 g/mol. The van der Waals surface area contributed by atoms with Gasteiger partial charge in [0, 0.05) is 6.20 Å². The number of anilines is 1. The molecule has 0 saturated carbocycles. The van der Waals surface area contributed by atoms with Gasteiger partial charge in [-0.25, -0.2) is 9.78 Å². The van der Waals surface area contributed by atoms with Crippen molar-refractivity contribution in [3.63, 3.8) is 0 Å². The van der Waals surface area contributed by atoms with Gasteiger partial charge in [0.25, 0.3) is 0 Å². The van der Waals surface area contributed by atoms with E-state index in [2.05, 4.69) is 15.8 Å². The zero-order valence-corrected chi connectivity index (χ0v) is 12.2. The number of nitrogens with one attached hydrogen (secondary N) is 2. The van der Waals surface area contributed by atoms with E-state index in [1.165, 1.54) is 6.20 Å². The van der Waals surface area contributed by atoms with Crippen LogP contribution in [-0.4, -0.2) is 23.5 Å². The Balaban J connectivity index is 1.97. The molecule has 2 N–H and O–H groups in total. The fourth-order valence-corrected chi connectivity index (χ4v) is 1.83. The van der Waals surface area contributed by atoms with Gasteiger partial charge in [0.2, 0.25) is 5.91 Å². The Morgan fingerprint density at radius 1 is 1.14 bits per heavy atom. The van der Waals surface area contributed by atoms with Crippen molar-refractivity contribution in [3.8, 4) is 0 Å². The van der Waals surface area contributed by atoms with Crippen molar-refractivity contribution in [2.75, 3.05) is 12.0 Å². The first-order valence-corrected chi connectivity index (χ1v) is 6.91. The van der Waals surface area contributed by atoms with Gasteiger partial charge in [0.1, 0.15) is 5.56 Å². The predicted octanol–water partition coefficient (Wildman–Crippen LogP) is 1.94. The molecule has 0 spiro atoms. The number of carbonyl (C=O) groups excluding carboxylic acids is 2. The van der Waals surface area contributed by atoms with E-state index in [0.717, 1.165) is 5.56 Å². The van der Waals surface area contributed by atoms with Crippen LogP contribution in [0.25, 0.3) is 0 Å². The van der Waals surface area contributed by atoms with Crippen molar-refractivity contribution in [1.82, 2.24) is 10.4 Å². The number of amides is 1. The zero-order chi connectivity index (χ0) is 15.8. The lowest BCUT2D eigenvalue weighted by Crippen LogP contribution is -2.32. The number of pyridine rings is 1. The second-order valence-electron chi connectivity index (χ2n) is 4.46. The predicted molar refractivity (Wildman–Crippen MR) is 82.1 cm³/mol. The number of hydrogen-bond acceptors (Lipinski definition) is 5. The molecule has 0 radical (unpaired) electrons. The molecule has 0 bridgehead atoms. The molecule has 2 aromatic rings. The largest absolute Gasteiger partial charge is 0.462 e. The molecule has 1 heterocycles. The lowest BCUT2D eigenvalue weighted by atomic mass is 10.1. The van der Waals surface area contributed by atoms with Gasteiger partial charge >= 0.3 is 5.97 Å². The second-order valence-corrected chi connectivity index (χ2v) is 4.46. The molecule has 0 unspecified atom stereocenters. The minimum Gasteiger partial charge on any atom is -0.462 e. The summed E-state index contributed by atoms with van der Waals surface area (Å²) in [6.07, 6.45) is 1.75. The monoisotopic (exact) mass is 299 g/mol. The first kappa shape index (κ1) is 15.5. The Kier molecular flexibility index (Phi) is 5.48. The number of nitrogens with zero attached hydrogens (tertiary/aromatic N) is 1. The third-order valence-corrected chi connectivity index (χ3v) is 2.83. The standard InChI is InChI=1S/C16H17N3O3/c1-2-22-16(21)13-9-6-10-17-15(13)19-18-14(20)11-12-7-4-3-5-8-12/h3-10H,2,11H2,1H3,(H,17,19)(H,18,20). The van der Waals surface area contributed by atoms with Crippen LogP contribution < -0.4 is 10.9 Å². The van der Waals surface area contributed by atoms with Crippen molar-refractivity contribution < 1.29 is 14.3 Å². The maximum atomic E-state index is 11.9. The normalized spacial score (nSPS) is 9.86. The molecule has 114 valence electrons. The summed E-state index contributed by atoms with van der Waals surface area (Å²) in [4.78, 5) is 27.7. The highest BCUT2D eigenvalue weighted by atomic mass is 16.5. The molecule has 0 aliphatic heterocycles. The summed E-state index contributed by atoms with van der Waals surface area (Å²) in [5.41, 5.74) is 6.35. The van der Waals surface area contributed by atoms with Crippen molar-refractivity contribution >= 4 is 17.7 Å². The van der Waals surface area contributed by atoms with E-state index in [1.807, 2.05) is 30.3 Å². The van der Waals surface area contributed by atoms with E-state index in [0.29, 0.717) is 0 Å². The fraction of sp³-hybridized carbons (Fsp3) is 0.188. The maximum absolute atomic E-state index is 11.9. The van der Waals surface area contributed by atoms with Gasteiger partial charge in [-0.15, -0.1) is 0 Å². The molecule has 0 aliphatic carbocycles. The van der Waals surface area contributed by atoms with Crippen LogP contribution in [0, 0.1) is 0 Å². The number of hydrazine groups is 1. The number of esters is 1. The average Bonchev–Trinajstić information content (AvgIpc) is 2.54. The Hall–Kier alpha value is -2.89. The van der Waals surface area contributed by atoms with Crippen LogP contribution in [0.2, 0.25) is 0 Å². The summed E-state index contributed by atoms with van der Waals surface area (Å²) in [5, 5.41) is 0. The Morgan fingerprint density at radius 3 is 2.64 bits per heavy atom. The van der Waals surface area contributed by atoms with Gasteiger partial charge in [0.05, 0.1) is 13.0 Å². The minimum atomic E-state index is -0.490. The third-order valence-electron chi connectivity index (χ3n) is 2.83. The van der Waals surface area contributed by atoms with Crippen LogP contribution in [0.3, 0.4) is 0 Å². The smallest absolute Gasteiger partial charge is 0.341 e. The lowest BCUT2D eigenvalue weighted by Gasteiger charge is -2.11. The summed E-state index contributed by atoms with van der Waals surface area (Å²) in [6.45, 7) is 2.00. The van der Waals surface area contributed by atoms with Crippen LogP contribution in [0.15, 0.2) is 48.7 Å². The van der Waals surface area contributed by atoms with E-state index in [4.69, 9.17) is 4.74 Å². The van der Waals surface area contributed by atoms with Crippen LogP contribution in [-0.2, 0) is 16.0 Å². The summed E-state index contributed by atoms with van der Waals surface area (Å²) in [7, 11) is 0. The first-order valence-electron chi connectivity index (χ1n) is 6.91. The highest BCUT2D eigenvalue weighted by Crippen LogP contribution is 2.11. The number of rotatable bonds is 6. The molecule has 22 heavy (non-hydrogen) atoms. The number of aromatic nitrogens is 1. The Labute approximate surface area is 128 Å². The average molecular weight is 299 g/mol. The van der Waals surface area contributed by atoms with Crippen molar-refractivity contribution in [2.45, 2.75) is 13.3 Å². The van der Waals surface area contributed by atoms with E-state index in [9.17, 15) is 9.59 Å². The number of hydrogen-bond donors (Lipinski definition) is 2. The van der Waals surface area contributed by atoms with Crippen molar-refractivity contribution in [1.29, 1.82) is 0 Å². The summed E-state index contributed by atoms with van der Waals surface area (Å²) in [6, 6.07) is 12.6. The quantitative estimate of drug-likeness (QED) is 0.629. The van der Waals surface area contributed by atoms with Crippen molar-refractivity contribution in [3.05, 3.63) is 59.8 Å². The molecule has 1 aromatic carbocycles. The zero-order valence-electron chi connectivity index (χ0n) is 12.2. The van der Waals surface area contributed by atoms with Crippen LogP contribution in [0.1, 0.15) is 22.8 Å². The molecule has 6 heteroatoms. The summed E-state index contributed by atoms with van der Waals surface area (Å²) >= 11 is 0. The molecule has 1 amide bonds. The Bertz CT molecular complexity index is 644. The van der Waals surface area contributed by atoms with Gasteiger partial charge in [-0.3, -0.25) is 15.6 Å². The van der Waals surface area contributed by atoms with Crippen LogP contribution in [0.5, 0.6) is 0 Å². The van der Waals surface area contributed by atoms with Crippen LogP contribution in [0.4, 0.5) is 5.82 Å². The molecule has 2 rings (SSSR count). The molecule has 0 atom stereocenters. The maximum Gasteiger partial charge on any atom is 0.341 e. The third kappa shape index (κ3) is 4.31. The number of ether oxygens (including phenoxy) is 1. The van der Waals surface area contributed by atoms with Gasteiger partial charge < -0.3 is 4.74 Å². The molecular formula is C16H17N3O3. The van der Waals surface area contributed by atoms with E-state index >= 15 is 0 Å². The fourth-order valence-electron chi connectivity index (χ4n) is 1.83. The molecule has 6 nitrogen and oxygen atoms in total. The molecule has 0 fully saturated rings. The van der Waals surface area contributed by atoms with E-state index in [-0.39, 0.29) is 30.3 Å². The Morgan fingerprint density at radius 2 is 1.91 bits per heavy atom. The molecule has 1 aromatic heterocycles. The minimum absolute atomic E-state index is 0.230. The van der Waals surface area contributed by atoms with Crippen molar-refractivity contribution in [2.24, 2.45) is 0 Å². The summed E-state index contributed by atoms with van der Waals surface area (Å²) in [5.74, 6) is -0.468. The van der Waals surface area contributed by atoms with Gasteiger partial charge in [-0.05, 0) is 24.6 Å². The lowest BCUT2D eigenvalue weighted by molar-refractivity contribution is -0.119. The first-order chi connectivity index (χ1) is 10.7. The van der Waals surface area contributed by atoms with Gasteiger partial charge in [-0.1, -0.05) is 30.3 Å². The van der Waals surface area contributed by atoms with Gasteiger partial charge in [0.15, 0.2) is 5.82 Å². The number of carbonyl (C=O) groups is 2. The van der Waals surface area contributed by atoms with E-state index < -0.39 is 5.97 Å². The second kappa shape index (κ2) is 7.78. The SMILES string of the molecule is CCOC(=O)c1cccnc1NNC(=O)Cc1ccccc1. The van der Waals surface area contributed by atoms with E-state index in [1.54, 1.807) is 19.1 Å². The topological polar surface area (TPSA) is 80.3 Å². The number of benzene rings is 1. The molecule has 0 saturated heterocycles. The van der Waals surface area contributed by atoms with Gasteiger partial charge in [-0.2, -0.15) is 0 Å². The van der Waals surface area contributed by atoms with Crippen LogP contribution >= 0.6 is 0 Å². The molecule has 0 aliphatic rings. The highest BCUT2D eigenvalue weighted by Gasteiger charge is 2.13. The summed E-state index contributed by atoms with van der Waals surface area (Å²) < 4.78 is 4.94. The highest BCUT2D eigenvalue weighted by molar-refractivity contribution is 5.94.